The summed E-state index contributed by atoms with van der Waals surface area (Å²) in [6.45, 7) is 0. The van der Waals surface area contributed by atoms with Crippen molar-refractivity contribution >= 4 is 31.8 Å². The van der Waals surface area contributed by atoms with Crippen molar-refractivity contribution in [3.05, 3.63) is 39.5 Å². The number of benzene rings is 1. The van der Waals surface area contributed by atoms with Crippen LogP contribution in [0.15, 0.2) is 34.0 Å². The molecule has 0 saturated carbocycles. The summed E-state index contributed by atoms with van der Waals surface area (Å²) in [5.74, 6) is 0. The Bertz CT molecular complexity index is 189. The predicted molar refractivity (Wildman–Crippen MR) is 42.6 cm³/mol. The molecule has 0 aromatic heterocycles. The molecule has 2 radical (unpaired) electrons. The fourth-order valence-corrected chi connectivity index (χ4v) is 1.54. The van der Waals surface area contributed by atoms with Crippen molar-refractivity contribution in [1.29, 1.82) is 0 Å². The van der Waals surface area contributed by atoms with E-state index >= 15 is 0 Å². The van der Waals surface area contributed by atoms with Crippen LogP contribution in [0.25, 0.3) is 6.08 Å². The van der Waals surface area contributed by atoms with Crippen molar-refractivity contribution in [3.8, 4) is 0 Å². The summed E-state index contributed by atoms with van der Waals surface area (Å²) in [6.07, 6.45) is 2.16. The van der Waals surface area contributed by atoms with Gasteiger partial charge in [0.15, 0.2) is 0 Å². The molecule has 0 heterocycles. The summed E-state index contributed by atoms with van der Waals surface area (Å²) in [7, 11) is 0. The second-order valence-corrected chi connectivity index (χ2v) is 3.27. The quantitative estimate of drug-likeness (QED) is 0.691. The molecule has 44 valence electrons. The van der Waals surface area contributed by atoms with Crippen LogP contribution in [0.4, 0.5) is 0 Å². The van der Waals surface area contributed by atoms with Gasteiger partial charge in [0, 0.05) is 0 Å². The summed E-state index contributed by atoms with van der Waals surface area (Å²) >= 11 is 0.968. The number of rotatable bonds is 1. The summed E-state index contributed by atoms with van der Waals surface area (Å²) in [5.41, 5.74) is 1.31. The normalized spacial score (nSPS) is 10.3. The number of hydrogen-bond donors (Lipinski definition) is 0. The Labute approximate surface area is 71.3 Å². The Kier molecular flexibility index (Phi) is 2.97. The molecule has 1 rings (SSSR count). The van der Waals surface area contributed by atoms with E-state index in [1.165, 1.54) is 5.56 Å². The molecule has 0 atom stereocenters. The fourth-order valence-electron chi connectivity index (χ4n) is 0.675. The first-order chi connectivity index (χ1) is 4.43. The van der Waals surface area contributed by atoms with Crippen molar-refractivity contribution in [2.24, 2.45) is 0 Å². The van der Waals surface area contributed by atoms with Crippen LogP contribution in [0.1, 0.15) is 5.56 Å². The van der Waals surface area contributed by atoms with E-state index in [-0.39, 0.29) is 0 Å². The molecule has 0 N–H and O–H groups in total. The van der Waals surface area contributed by atoms with Crippen LogP contribution in [0.2, 0.25) is 0 Å². The van der Waals surface area contributed by atoms with Crippen LogP contribution >= 0.6 is 0 Å². The van der Waals surface area contributed by atoms with E-state index in [2.05, 4.69) is 34.0 Å². The van der Waals surface area contributed by atoms with Gasteiger partial charge in [0.2, 0.25) is 0 Å². The Morgan fingerprint density at radius 1 is 1.11 bits per heavy atom. The van der Waals surface area contributed by atoms with E-state index in [0.717, 1.165) is 25.8 Å². The summed E-state index contributed by atoms with van der Waals surface area (Å²) in [4.78, 5) is 0. The van der Waals surface area contributed by atoms with Gasteiger partial charge in [-0.2, -0.15) is 0 Å². The van der Waals surface area contributed by atoms with Gasteiger partial charge in [0.05, 0.1) is 0 Å². The van der Waals surface area contributed by atoms with Crippen LogP contribution in [-0.4, -0.2) is 25.8 Å². The average molecular weight is 311 g/mol. The molecule has 0 unspecified atom stereocenters. The molecule has 1 heteroatoms. The van der Waals surface area contributed by atoms with Crippen molar-refractivity contribution in [2.45, 2.75) is 0 Å². The maximum atomic E-state index is 2.20. The molecule has 0 fully saturated rings. The molecular weight excluding hydrogens is 303 g/mol. The Hall–Kier alpha value is -0.118. The van der Waals surface area contributed by atoms with Crippen LogP contribution < -0.4 is 0 Å². The Morgan fingerprint density at radius 3 is 2.33 bits per heavy atom. The molecule has 0 amide bonds. The zero-order valence-corrected chi connectivity index (χ0v) is 9.61. The molecule has 1 aromatic rings. The van der Waals surface area contributed by atoms with E-state index in [4.69, 9.17) is 0 Å². The van der Waals surface area contributed by atoms with Crippen LogP contribution in [0.3, 0.4) is 0 Å². The topological polar surface area (TPSA) is 0 Å². The van der Waals surface area contributed by atoms with Gasteiger partial charge < -0.3 is 0 Å². The SMILES string of the molecule is [PbH][CH]=Cc1ccccc1. The van der Waals surface area contributed by atoms with Crippen molar-refractivity contribution < 1.29 is 0 Å². The third-order valence-corrected chi connectivity index (χ3v) is 1.84. The van der Waals surface area contributed by atoms with E-state index in [0.29, 0.717) is 0 Å². The average Bonchev–Trinajstić information content (AvgIpc) is 1.91. The van der Waals surface area contributed by atoms with E-state index in [1.807, 2.05) is 6.07 Å². The second kappa shape index (κ2) is 3.82. The van der Waals surface area contributed by atoms with Crippen molar-refractivity contribution in [1.82, 2.24) is 0 Å². The van der Waals surface area contributed by atoms with Gasteiger partial charge in [0.1, 0.15) is 0 Å². The fraction of sp³-hybridized carbons (Fsp3) is 0. The number of hydrogen-bond acceptors (Lipinski definition) is 0. The molecule has 0 saturated heterocycles. The zero-order valence-electron chi connectivity index (χ0n) is 5.12. The maximum absolute atomic E-state index is 2.20. The minimum atomic E-state index is 0.968. The molecule has 0 nitrogen and oxygen atoms in total. The zero-order chi connectivity index (χ0) is 6.53. The summed E-state index contributed by atoms with van der Waals surface area (Å²) < 4.78 is 2.20. The van der Waals surface area contributed by atoms with Crippen molar-refractivity contribution in [3.63, 3.8) is 0 Å². The van der Waals surface area contributed by atoms with Gasteiger partial charge in [-0.05, 0) is 0 Å². The molecule has 0 aliphatic rings. The summed E-state index contributed by atoms with van der Waals surface area (Å²) in [6, 6.07) is 10.4. The van der Waals surface area contributed by atoms with Gasteiger partial charge >= 0.3 is 71.4 Å². The van der Waals surface area contributed by atoms with Crippen LogP contribution in [0.5, 0.6) is 0 Å². The Morgan fingerprint density at radius 2 is 1.78 bits per heavy atom. The van der Waals surface area contributed by atoms with Gasteiger partial charge in [-0.15, -0.1) is 0 Å². The molecular formula is C8H8Pb. The minimum absolute atomic E-state index is 0.968. The third-order valence-electron chi connectivity index (χ3n) is 1.09. The molecule has 9 heavy (non-hydrogen) atoms. The molecule has 0 bridgehead atoms. The first kappa shape index (κ1) is 6.99. The van der Waals surface area contributed by atoms with E-state index in [9.17, 15) is 0 Å². The van der Waals surface area contributed by atoms with Crippen LogP contribution in [0, 0.1) is 0 Å². The van der Waals surface area contributed by atoms with Gasteiger partial charge in [0.25, 0.3) is 0 Å². The van der Waals surface area contributed by atoms with Crippen molar-refractivity contribution in [2.75, 3.05) is 0 Å². The molecule has 0 spiro atoms. The van der Waals surface area contributed by atoms with Crippen LogP contribution in [-0.2, 0) is 0 Å². The Balaban J connectivity index is 2.85. The first-order valence-corrected chi connectivity index (χ1v) is 5.46. The van der Waals surface area contributed by atoms with Gasteiger partial charge in [-0.1, -0.05) is 0 Å². The standard InChI is InChI=1S/C8H7.Pb.H/c1-2-8-6-4-3-5-7-8;;/h1-7H;;. The molecule has 0 aliphatic carbocycles. The third kappa shape index (κ3) is 2.30. The predicted octanol–water partition coefficient (Wildman–Crippen LogP) is 1.56. The monoisotopic (exact) mass is 312 g/mol. The summed E-state index contributed by atoms with van der Waals surface area (Å²) in [5, 5.41) is 0. The second-order valence-electron chi connectivity index (χ2n) is 1.77. The van der Waals surface area contributed by atoms with E-state index in [1.54, 1.807) is 0 Å². The molecule has 1 aromatic carbocycles. The van der Waals surface area contributed by atoms with Gasteiger partial charge in [-0.25, -0.2) is 0 Å². The first-order valence-electron chi connectivity index (χ1n) is 2.87. The van der Waals surface area contributed by atoms with E-state index < -0.39 is 0 Å². The van der Waals surface area contributed by atoms with Gasteiger partial charge in [-0.3, -0.25) is 0 Å². The molecule has 0 aliphatic heterocycles.